The van der Waals surface area contributed by atoms with Gasteiger partial charge in [0, 0.05) is 19.6 Å². The summed E-state index contributed by atoms with van der Waals surface area (Å²) in [5.41, 5.74) is 1.03. The second kappa shape index (κ2) is 13.7. The zero-order chi connectivity index (χ0) is 24.1. The van der Waals surface area contributed by atoms with Crippen LogP contribution in [0.3, 0.4) is 0 Å². The Labute approximate surface area is 192 Å². The van der Waals surface area contributed by atoms with Crippen LogP contribution in [-0.4, -0.2) is 49.7 Å². The van der Waals surface area contributed by atoms with Crippen LogP contribution < -0.4 is 19.7 Å². The SMILES string of the molecule is COc1ccccc1OC1CCN(CC/C=C/c2ccc(F)cc2)C1.O=C([O-])/C=C\C(=O)[O-]. The number of halogens is 1. The molecule has 8 heteroatoms. The fourth-order valence-corrected chi connectivity index (χ4v) is 3.18. The van der Waals surface area contributed by atoms with Crippen LogP contribution in [0.2, 0.25) is 0 Å². The van der Waals surface area contributed by atoms with Gasteiger partial charge in [0.1, 0.15) is 11.9 Å². The van der Waals surface area contributed by atoms with Gasteiger partial charge in [0.15, 0.2) is 11.5 Å². The van der Waals surface area contributed by atoms with Crippen molar-refractivity contribution in [3.63, 3.8) is 0 Å². The molecule has 2 aromatic carbocycles. The van der Waals surface area contributed by atoms with Crippen LogP contribution in [0.4, 0.5) is 4.39 Å². The minimum absolute atomic E-state index is 0.199. The Kier molecular flexibility index (Phi) is 10.6. The molecular weight excluding hydrogens is 429 g/mol. The van der Waals surface area contributed by atoms with Gasteiger partial charge in [-0.05, 0) is 54.8 Å². The maximum atomic E-state index is 12.9. The summed E-state index contributed by atoms with van der Waals surface area (Å²) in [6, 6.07) is 14.3. The third-order valence-corrected chi connectivity index (χ3v) is 4.74. The molecule has 33 heavy (non-hydrogen) atoms. The zero-order valence-corrected chi connectivity index (χ0v) is 18.3. The van der Waals surface area contributed by atoms with E-state index in [9.17, 15) is 24.2 Å². The van der Waals surface area contributed by atoms with Gasteiger partial charge in [0.05, 0.1) is 19.0 Å². The summed E-state index contributed by atoms with van der Waals surface area (Å²) in [6.07, 6.45) is 7.15. The van der Waals surface area contributed by atoms with Crippen molar-refractivity contribution in [1.82, 2.24) is 4.90 Å². The normalized spacial score (nSPS) is 15.9. The summed E-state index contributed by atoms with van der Waals surface area (Å²) in [6.45, 7) is 2.98. The summed E-state index contributed by atoms with van der Waals surface area (Å²) < 4.78 is 24.3. The molecule has 2 aromatic rings. The molecule has 0 saturated carbocycles. The average molecular weight is 455 g/mol. The summed E-state index contributed by atoms with van der Waals surface area (Å²) in [4.78, 5) is 21.2. The second-order valence-electron chi connectivity index (χ2n) is 7.19. The maximum absolute atomic E-state index is 12.9. The number of carboxylic acid groups (broad SMARTS) is 2. The Bertz CT molecular complexity index is 942. The number of hydrogen-bond acceptors (Lipinski definition) is 7. The number of aliphatic carboxylic acids is 2. The molecule has 0 aromatic heterocycles. The van der Waals surface area contributed by atoms with Crippen molar-refractivity contribution >= 4 is 18.0 Å². The first kappa shape index (κ1) is 25.6. The molecule has 0 aliphatic carbocycles. The van der Waals surface area contributed by atoms with Gasteiger partial charge in [-0.3, -0.25) is 4.90 Å². The Morgan fingerprint density at radius 3 is 2.30 bits per heavy atom. The highest BCUT2D eigenvalue weighted by atomic mass is 19.1. The van der Waals surface area contributed by atoms with E-state index in [1.54, 1.807) is 19.2 Å². The zero-order valence-electron chi connectivity index (χ0n) is 18.3. The number of methoxy groups -OCH3 is 1. The van der Waals surface area contributed by atoms with Gasteiger partial charge in [-0.15, -0.1) is 0 Å². The van der Waals surface area contributed by atoms with Gasteiger partial charge >= 0.3 is 0 Å². The van der Waals surface area contributed by atoms with Crippen molar-refractivity contribution in [2.24, 2.45) is 0 Å². The van der Waals surface area contributed by atoms with E-state index in [0.717, 1.165) is 49.5 Å². The topological polar surface area (TPSA) is 102 Å². The predicted molar refractivity (Wildman–Crippen MR) is 118 cm³/mol. The van der Waals surface area contributed by atoms with Crippen molar-refractivity contribution in [2.45, 2.75) is 18.9 Å². The van der Waals surface area contributed by atoms with Crippen LogP contribution in [0.1, 0.15) is 18.4 Å². The standard InChI is InChI=1S/C21H24FNO2.C4H4O4/c1-24-20-7-2-3-8-21(20)25-19-13-15-23(16-19)14-5-4-6-17-9-11-18(22)12-10-17;5-3(6)1-2-4(7)8/h2-4,6-12,19H,5,13-16H2,1H3;1-2H,(H,5,6)(H,7,8)/p-2/b6-4+;2-1-. The highest BCUT2D eigenvalue weighted by Gasteiger charge is 2.24. The number of hydrogen-bond donors (Lipinski definition) is 0. The first-order valence-electron chi connectivity index (χ1n) is 10.4. The van der Waals surface area contributed by atoms with Crippen LogP contribution in [0.25, 0.3) is 6.08 Å². The molecule has 0 radical (unpaired) electrons. The number of carbonyl (C=O) groups excluding carboxylic acids is 2. The molecule has 1 fully saturated rings. The van der Waals surface area contributed by atoms with Crippen molar-refractivity contribution in [3.05, 3.63) is 78.1 Å². The molecule has 1 unspecified atom stereocenters. The second-order valence-corrected chi connectivity index (χ2v) is 7.19. The smallest absolute Gasteiger partial charge is 0.161 e. The molecule has 176 valence electrons. The number of carboxylic acids is 2. The lowest BCUT2D eigenvalue weighted by molar-refractivity contribution is -0.301. The first-order chi connectivity index (χ1) is 15.9. The Hall–Kier alpha value is -3.65. The molecule has 1 aliphatic rings. The van der Waals surface area contributed by atoms with Gasteiger partial charge in [-0.25, -0.2) is 4.39 Å². The summed E-state index contributed by atoms with van der Waals surface area (Å²) in [5.74, 6) is -1.70. The molecule has 0 spiro atoms. The van der Waals surface area contributed by atoms with Gasteiger partial charge in [-0.1, -0.05) is 36.4 Å². The maximum Gasteiger partial charge on any atom is 0.161 e. The predicted octanol–water partition coefficient (Wildman–Crippen LogP) is 1.43. The number of rotatable bonds is 9. The van der Waals surface area contributed by atoms with Crippen LogP contribution in [0.5, 0.6) is 11.5 Å². The van der Waals surface area contributed by atoms with Crippen molar-refractivity contribution in [2.75, 3.05) is 26.7 Å². The average Bonchev–Trinajstić information content (AvgIpc) is 3.24. The van der Waals surface area contributed by atoms with E-state index in [4.69, 9.17) is 9.47 Å². The minimum Gasteiger partial charge on any atom is -0.545 e. The summed E-state index contributed by atoms with van der Waals surface area (Å²) >= 11 is 0. The monoisotopic (exact) mass is 455 g/mol. The van der Waals surface area contributed by atoms with Crippen molar-refractivity contribution in [1.29, 1.82) is 0 Å². The van der Waals surface area contributed by atoms with E-state index in [2.05, 4.69) is 11.0 Å². The summed E-state index contributed by atoms with van der Waals surface area (Å²) in [5, 5.41) is 18.8. The Morgan fingerprint density at radius 1 is 1.06 bits per heavy atom. The largest absolute Gasteiger partial charge is 0.545 e. The van der Waals surface area contributed by atoms with E-state index in [1.165, 1.54) is 12.1 Å². The van der Waals surface area contributed by atoms with Gasteiger partial charge in [0.25, 0.3) is 0 Å². The minimum atomic E-state index is -1.55. The third kappa shape index (κ3) is 10.0. The number of nitrogens with zero attached hydrogens (tertiary/aromatic N) is 1. The number of ether oxygens (including phenoxy) is 2. The van der Waals surface area contributed by atoms with Gasteiger partial charge in [0.2, 0.25) is 0 Å². The Morgan fingerprint density at radius 2 is 1.70 bits per heavy atom. The number of para-hydroxylation sites is 2. The van der Waals surface area contributed by atoms with E-state index in [1.807, 2.05) is 30.3 Å². The van der Waals surface area contributed by atoms with Crippen molar-refractivity contribution in [3.8, 4) is 11.5 Å². The fraction of sp³-hybridized carbons (Fsp3) is 0.280. The molecule has 1 saturated heterocycles. The molecule has 1 aliphatic heterocycles. The fourth-order valence-electron chi connectivity index (χ4n) is 3.18. The van der Waals surface area contributed by atoms with Gasteiger partial charge in [-0.2, -0.15) is 0 Å². The van der Waals surface area contributed by atoms with Gasteiger partial charge < -0.3 is 29.3 Å². The van der Waals surface area contributed by atoms with Crippen LogP contribution in [-0.2, 0) is 9.59 Å². The first-order valence-corrected chi connectivity index (χ1v) is 10.4. The van der Waals surface area contributed by atoms with Crippen LogP contribution in [0.15, 0.2) is 66.8 Å². The molecule has 1 atom stereocenters. The van der Waals surface area contributed by atoms with Crippen molar-refractivity contribution < 1.29 is 33.7 Å². The molecule has 0 amide bonds. The number of carbonyl (C=O) groups is 2. The van der Waals surface area contributed by atoms with Crippen LogP contribution >= 0.6 is 0 Å². The molecule has 7 nitrogen and oxygen atoms in total. The molecule has 1 heterocycles. The van der Waals surface area contributed by atoms with E-state index in [0.29, 0.717) is 12.2 Å². The molecular formula is C25H26FNO6-2. The number of benzene rings is 2. The molecule has 3 rings (SSSR count). The lowest BCUT2D eigenvalue weighted by Gasteiger charge is -2.17. The van der Waals surface area contributed by atoms with Crippen LogP contribution in [0, 0.1) is 5.82 Å². The van der Waals surface area contributed by atoms with E-state index < -0.39 is 11.9 Å². The van der Waals surface area contributed by atoms with E-state index >= 15 is 0 Å². The quantitative estimate of drug-likeness (QED) is 0.527. The highest BCUT2D eigenvalue weighted by Crippen LogP contribution is 2.28. The highest BCUT2D eigenvalue weighted by molar-refractivity contribution is 5.87. The lowest BCUT2D eigenvalue weighted by atomic mass is 10.2. The number of likely N-dealkylation sites (tertiary alicyclic amines) is 1. The Balaban J connectivity index is 0.000000414. The third-order valence-electron chi connectivity index (χ3n) is 4.74. The lowest BCUT2D eigenvalue weighted by Crippen LogP contribution is -2.25. The van der Waals surface area contributed by atoms with E-state index in [-0.39, 0.29) is 11.9 Å². The molecule has 0 bridgehead atoms. The summed E-state index contributed by atoms with van der Waals surface area (Å²) in [7, 11) is 1.66. The molecule has 0 N–H and O–H groups in total.